The molecule has 1 heterocycles. The highest BCUT2D eigenvalue weighted by molar-refractivity contribution is 9.09. The molecule has 1 aliphatic heterocycles. The molecule has 9 aromatic carbocycles. The van der Waals surface area contributed by atoms with E-state index in [0.29, 0.717) is 5.33 Å². The van der Waals surface area contributed by atoms with Crippen LogP contribution >= 0.6 is 15.9 Å². The van der Waals surface area contributed by atoms with Crippen molar-refractivity contribution in [1.29, 1.82) is 0 Å². The zero-order chi connectivity index (χ0) is 47.6. The van der Waals surface area contributed by atoms with Crippen molar-refractivity contribution < 1.29 is 23.7 Å². The lowest BCUT2D eigenvalue weighted by Crippen LogP contribution is -2.65. The molecule has 5 atom stereocenters. The van der Waals surface area contributed by atoms with E-state index in [0.717, 1.165) is 50.1 Å². The van der Waals surface area contributed by atoms with E-state index in [9.17, 15) is 0 Å². The van der Waals surface area contributed by atoms with Crippen LogP contribution in [0.1, 0.15) is 50.1 Å². The maximum atomic E-state index is 8.40. The summed E-state index contributed by atoms with van der Waals surface area (Å²) in [5, 5.41) is 0.384. The second-order valence-corrected chi connectivity index (χ2v) is 18.2. The topological polar surface area (TPSA) is 46.2 Å². The van der Waals surface area contributed by atoms with Crippen LogP contribution in [-0.4, -0.2) is 43.1 Å². The first-order chi connectivity index (χ1) is 34.6. The minimum atomic E-state index is -1.23. The van der Waals surface area contributed by atoms with Gasteiger partial charge >= 0.3 is 0 Å². The predicted octanol–water partition coefficient (Wildman–Crippen LogP) is 13.9. The van der Waals surface area contributed by atoms with E-state index in [1.165, 1.54) is 0 Å². The molecule has 0 aliphatic carbocycles. The van der Waals surface area contributed by atoms with Gasteiger partial charge in [0.05, 0.1) is 6.10 Å². The van der Waals surface area contributed by atoms with Crippen molar-refractivity contribution in [3.8, 4) is 0 Å². The third-order valence-electron chi connectivity index (χ3n) is 13.5. The fourth-order valence-corrected chi connectivity index (χ4v) is 10.9. The standard InChI is InChI=1S/C64H55BrO5/c1-66-61-60(70-64(54-41-23-8-24-42-54,55-43-25-9-26-44-55)56-45-27-10-28-46-56)59(69-63(51-35-17-5-18-36-51,52-37-19-6-20-38-52)53-39-21-7-22-40-53)58(57(47-65)67-61)68-62(48-29-11-2-12-30-48,49-31-13-3-14-32-49)50-33-15-4-16-34-50/h2-46,57-61H,47H2,1H3/t57-,58-,59+,60-,61-/m1/s1. The normalized spacial score (nSPS) is 18.5. The van der Waals surface area contributed by atoms with E-state index < -0.39 is 47.5 Å². The van der Waals surface area contributed by atoms with Gasteiger partial charge in [0, 0.05) is 12.4 Å². The van der Waals surface area contributed by atoms with Gasteiger partial charge in [0.15, 0.2) is 6.29 Å². The minimum absolute atomic E-state index is 0.384. The highest BCUT2D eigenvalue weighted by Gasteiger charge is 2.58. The Labute approximate surface area is 420 Å². The summed E-state index contributed by atoms with van der Waals surface area (Å²) in [5.74, 6) is 0. The fraction of sp³-hybridized carbons (Fsp3) is 0.156. The molecule has 5 nitrogen and oxygen atoms in total. The van der Waals surface area contributed by atoms with Crippen molar-refractivity contribution in [3.63, 3.8) is 0 Å². The lowest BCUT2D eigenvalue weighted by molar-refractivity contribution is -0.337. The van der Waals surface area contributed by atoms with Crippen molar-refractivity contribution in [2.75, 3.05) is 12.4 Å². The summed E-state index contributed by atoms with van der Waals surface area (Å²) in [6.45, 7) is 0. The van der Waals surface area contributed by atoms with Gasteiger partial charge in [0.25, 0.3) is 0 Å². The van der Waals surface area contributed by atoms with E-state index in [2.05, 4.69) is 234 Å². The Balaban J connectivity index is 1.30. The van der Waals surface area contributed by atoms with E-state index >= 15 is 0 Å². The monoisotopic (exact) mass is 982 g/mol. The van der Waals surface area contributed by atoms with Gasteiger partial charge in [-0.1, -0.05) is 289 Å². The second kappa shape index (κ2) is 21.5. The smallest absolute Gasteiger partial charge is 0.186 e. The van der Waals surface area contributed by atoms with Crippen LogP contribution in [0.4, 0.5) is 0 Å². The van der Waals surface area contributed by atoms with Crippen LogP contribution in [0.15, 0.2) is 273 Å². The minimum Gasteiger partial charge on any atom is -0.353 e. The largest absolute Gasteiger partial charge is 0.353 e. The molecule has 0 N–H and O–H groups in total. The first kappa shape index (κ1) is 47.0. The quantitative estimate of drug-likeness (QED) is 0.0672. The van der Waals surface area contributed by atoms with Crippen molar-refractivity contribution in [1.82, 2.24) is 0 Å². The van der Waals surface area contributed by atoms with Crippen molar-refractivity contribution in [3.05, 3.63) is 323 Å². The molecule has 0 spiro atoms. The van der Waals surface area contributed by atoms with E-state index in [4.69, 9.17) is 23.7 Å². The molecule has 9 aromatic rings. The summed E-state index contributed by atoms with van der Waals surface area (Å²) in [5.41, 5.74) is 4.77. The molecule has 1 saturated heterocycles. The third kappa shape index (κ3) is 8.88. The summed E-state index contributed by atoms with van der Waals surface area (Å²) in [6.07, 6.45) is -4.35. The first-order valence-electron chi connectivity index (χ1n) is 23.9. The molecule has 0 bridgehead atoms. The number of hydrogen-bond donors (Lipinski definition) is 0. The van der Waals surface area contributed by atoms with Crippen LogP contribution in [-0.2, 0) is 40.5 Å². The van der Waals surface area contributed by atoms with Crippen LogP contribution in [0.25, 0.3) is 0 Å². The van der Waals surface area contributed by atoms with Crippen LogP contribution in [0.2, 0.25) is 0 Å². The van der Waals surface area contributed by atoms with Crippen molar-refractivity contribution >= 4 is 15.9 Å². The van der Waals surface area contributed by atoms with Gasteiger partial charge in [-0.3, -0.25) is 0 Å². The zero-order valence-electron chi connectivity index (χ0n) is 39.0. The molecule has 1 fully saturated rings. The lowest BCUT2D eigenvalue weighted by Gasteiger charge is -2.53. The number of methoxy groups -OCH3 is 1. The molecule has 1 aliphatic rings. The van der Waals surface area contributed by atoms with Crippen molar-refractivity contribution in [2.45, 2.75) is 47.5 Å². The molecule has 0 unspecified atom stereocenters. The zero-order valence-corrected chi connectivity index (χ0v) is 40.6. The SMILES string of the molecule is CO[C@@H]1O[C@H](CBr)[C@@H](OC(c2ccccc2)(c2ccccc2)c2ccccc2)[C@H](OC(c2ccccc2)(c2ccccc2)c2ccccc2)[C@H]1OC(c1ccccc1)(c1ccccc1)c1ccccc1. The molecular weight excluding hydrogens is 929 g/mol. The Morgan fingerprint density at radius 2 is 0.514 bits per heavy atom. The Hall–Kier alpha value is -6.74. The van der Waals surface area contributed by atoms with Crippen molar-refractivity contribution in [2.24, 2.45) is 0 Å². The Kier molecular flexibility index (Phi) is 14.4. The van der Waals surface area contributed by atoms with E-state index in [1.807, 2.05) is 54.6 Å². The van der Waals surface area contributed by atoms with Gasteiger partial charge < -0.3 is 23.7 Å². The summed E-state index contributed by atoms with van der Waals surface area (Å²) < 4.78 is 38.7. The Bertz CT molecular complexity index is 2540. The van der Waals surface area contributed by atoms with Gasteiger partial charge in [-0.25, -0.2) is 0 Å². The molecule has 0 saturated carbocycles. The van der Waals surface area contributed by atoms with Gasteiger partial charge in [-0.2, -0.15) is 0 Å². The maximum absolute atomic E-state index is 8.40. The highest BCUT2D eigenvalue weighted by Crippen LogP contribution is 2.51. The number of ether oxygens (including phenoxy) is 5. The van der Waals surface area contributed by atoms with E-state index in [-0.39, 0.29) is 0 Å². The number of hydrogen-bond acceptors (Lipinski definition) is 5. The van der Waals surface area contributed by atoms with Gasteiger partial charge in [-0.15, -0.1) is 0 Å². The molecule has 10 rings (SSSR count). The third-order valence-corrected chi connectivity index (χ3v) is 14.2. The van der Waals surface area contributed by atoms with Crippen LogP contribution < -0.4 is 0 Å². The van der Waals surface area contributed by atoms with Gasteiger partial charge in [0.2, 0.25) is 0 Å². The van der Waals surface area contributed by atoms with Crippen LogP contribution in [0.3, 0.4) is 0 Å². The van der Waals surface area contributed by atoms with E-state index in [1.54, 1.807) is 7.11 Å². The number of halogens is 1. The molecule has 0 aromatic heterocycles. The molecule has 0 radical (unpaired) electrons. The summed E-state index contributed by atoms with van der Waals surface area (Å²) in [6, 6.07) is 94.0. The molecular formula is C64H55BrO5. The predicted molar refractivity (Wildman–Crippen MR) is 282 cm³/mol. The highest BCUT2D eigenvalue weighted by atomic mass is 79.9. The van der Waals surface area contributed by atoms with Crippen LogP contribution in [0.5, 0.6) is 0 Å². The van der Waals surface area contributed by atoms with Gasteiger partial charge in [-0.05, 0) is 50.1 Å². The summed E-state index contributed by atoms with van der Waals surface area (Å²) in [4.78, 5) is 0. The summed E-state index contributed by atoms with van der Waals surface area (Å²) in [7, 11) is 1.68. The van der Waals surface area contributed by atoms with Gasteiger partial charge in [0.1, 0.15) is 35.1 Å². The lowest BCUT2D eigenvalue weighted by atomic mass is 9.78. The molecule has 0 amide bonds. The first-order valence-corrected chi connectivity index (χ1v) is 25.0. The maximum Gasteiger partial charge on any atom is 0.186 e. The molecule has 6 heteroatoms. The number of benzene rings is 9. The molecule has 70 heavy (non-hydrogen) atoms. The fourth-order valence-electron chi connectivity index (χ4n) is 10.4. The molecule has 348 valence electrons. The summed E-state index contributed by atoms with van der Waals surface area (Å²) >= 11 is 3.96. The number of alkyl halides is 1. The Morgan fingerprint density at radius 3 is 0.714 bits per heavy atom. The average molecular weight is 984 g/mol. The second-order valence-electron chi connectivity index (χ2n) is 17.5. The average Bonchev–Trinajstić information content (AvgIpc) is 3.45. The van der Waals surface area contributed by atoms with Crippen LogP contribution in [0, 0.1) is 0 Å². The Morgan fingerprint density at radius 1 is 0.314 bits per heavy atom. The number of rotatable bonds is 17.